The van der Waals surface area contributed by atoms with Crippen LogP contribution in [-0.4, -0.2) is 23.6 Å². The lowest BCUT2D eigenvalue weighted by atomic mass is 10.1. The minimum atomic E-state index is -0.534. The highest BCUT2D eigenvalue weighted by Gasteiger charge is 2.10. The van der Waals surface area contributed by atoms with Crippen molar-refractivity contribution in [3.8, 4) is 11.5 Å². The summed E-state index contributed by atoms with van der Waals surface area (Å²) in [7, 11) is 1.49. The first kappa shape index (κ1) is 11.5. The van der Waals surface area contributed by atoms with Gasteiger partial charge in [-0.1, -0.05) is 12.1 Å². The molecule has 1 aromatic carbocycles. The molecule has 0 saturated carbocycles. The second-order valence-electron chi connectivity index (χ2n) is 3.54. The highest BCUT2D eigenvalue weighted by atomic mass is 16.5. The fourth-order valence-electron chi connectivity index (χ4n) is 1.50. The predicted molar refractivity (Wildman–Crippen MR) is 60.3 cm³/mol. The zero-order chi connectivity index (χ0) is 12.3. The number of aryl methyl sites for hydroxylation is 1. The molecule has 0 spiro atoms. The number of hydrogen-bond acceptors (Lipinski definition) is 5. The third-order valence-corrected chi connectivity index (χ3v) is 2.39. The summed E-state index contributed by atoms with van der Waals surface area (Å²) < 4.78 is 10.3. The molecule has 88 valence electrons. The molecule has 0 aliphatic heterocycles. The van der Waals surface area contributed by atoms with Crippen molar-refractivity contribution in [3.63, 3.8) is 0 Å². The molecule has 0 radical (unpaired) electrons. The molecule has 0 fully saturated rings. The van der Waals surface area contributed by atoms with Crippen molar-refractivity contribution in [2.24, 2.45) is 0 Å². The van der Waals surface area contributed by atoms with E-state index in [0.29, 0.717) is 11.8 Å². The summed E-state index contributed by atoms with van der Waals surface area (Å²) in [4.78, 5) is 10.7. The van der Waals surface area contributed by atoms with Gasteiger partial charge in [0, 0.05) is 19.6 Å². The van der Waals surface area contributed by atoms with E-state index in [2.05, 4.69) is 10.2 Å². The van der Waals surface area contributed by atoms with E-state index >= 15 is 0 Å². The Labute approximate surface area is 98.4 Å². The maximum Gasteiger partial charge on any atom is 0.247 e. The Balaban J connectivity index is 2.26. The molecular weight excluding hydrogens is 220 g/mol. The molecular formula is C12H12N2O3. The molecule has 5 nitrogen and oxygen atoms in total. The van der Waals surface area contributed by atoms with Crippen LogP contribution in [0.25, 0.3) is 11.5 Å². The van der Waals surface area contributed by atoms with Gasteiger partial charge in [-0.25, -0.2) is 0 Å². The summed E-state index contributed by atoms with van der Waals surface area (Å²) in [6.07, 6.45) is 0.222. The summed E-state index contributed by atoms with van der Waals surface area (Å²) in [5, 5.41) is 7.67. The highest BCUT2D eigenvalue weighted by molar-refractivity contribution is 5.61. The van der Waals surface area contributed by atoms with E-state index in [0.717, 1.165) is 17.4 Å². The molecule has 1 atom stereocenters. The SMILES string of the molecule is COC(C=O)c1ccc(-c2nnc(C)o2)cc1. The number of ether oxygens (including phenoxy) is 1. The highest BCUT2D eigenvalue weighted by Crippen LogP contribution is 2.21. The Morgan fingerprint density at radius 2 is 2.00 bits per heavy atom. The van der Waals surface area contributed by atoms with Crippen molar-refractivity contribution in [1.82, 2.24) is 10.2 Å². The number of carbonyl (C=O) groups excluding carboxylic acids is 1. The first-order chi connectivity index (χ1) is 8.24. The van der Waals surface area contributed by atoms with Crippen LogP contribution in [0.3, 0.4) is 0 Å². The van der Waals surface area contributed by atoms with Gasteiger partial charge in [-0.2, -0.15) is 0 Å². The Kier molecular flexibility index (Phi) is 3.30. The third-order valence-electron chi connectivity index (χ3n) is 2.39. The minimum absolute atomic E-state index is 0.467. The van der Waals surface area contributed by atoms with Gasteiger partial charge in [0.25, 0.3) is 0 Å². The largest absolute Gasteiger partial charge is 0.421 e. The number of aromatic nitrogens is 2. The van der Waals surface area contributed by atoms with Crippen LogP contribution in [-0.2, 0) is 9.53 Å². The van der Waals surface area contributed by atoms with Crippen LogP contribution in [0.4, 0.5) is 0 Å². The lowest BCUT2D eigenvalue weighted by Gasteiger charge is -2.08. The average Bonchev–Trinajstić information content (AvgIpc) is 2.78. The van der Waals surface area contributed by atoms with Crippen LogP contribution >= 0.6 is 0 Å². The molecule has 0 aliphatic rings. The first-order valence-electron chi connectivity index (χ1n) is 5.13. The molecule has 2 rings (SSSR count). The Morgan fingerprint density at radius 1 is 1.29 bits per heavy atom. The van der Waals surface area contributed by atoms with Crippen LogP contribution in [0, 0.1) is 6.92 Å². The third kappa shape index (κ3) is 2.39. The van der Waals surface area contributed by atoms with Crippen molar-refractivity contribution in [2.45, 2.75) is 13.0 Å². The molecule has 17 heavy (non-hydrogen) atoms. The zero-order valence-electron chi connectivity index (χ0n) is 9.58. The van der Waals surface area contributed by atoms with Gasteiger partial charge in [-0.15, -0.1) is 10.2 Å². The Hall–Kier alpha value is -2.01. The molecule has 0 saturated heterocycles. The van der Waals surface area contributed by atoms with Crippen molar-refractivity contribution in [1.29, 1.82) is 0 Å². The van der Waals surface area contributed by atoms with Crippen LogP contribution in [0.5, 0.6) is 0 Å². The van der Waals surface area contributed by atoms with Crippen molar-refractivity contribution in [3.05, 3.63) is 35.7 Å². The quantitative estimate of drug-likeness (QED) is 0.753. The fraction of sp³-hybridized carbons (Fsp3) is 0.250. The number of aldehydes is 1. The fourth-order valence-corrected chi connectivity index (χ4v) is 1.50. The van der Waals surface area contributed by atoms with Crippen LogP contribution in [0.1, 0.15) is 17.6 Å². The number of carbonyl (C=O) groups is 1. The molecule has 1 heterocycles. The Morgan fingerprint density at radius 3 is 2.47 bits per heavy atom. The van der Waals surface area contributed by atoms with Crippen molar-refractivity contribution < 1.29 is 13.9 Å². The standard InChI is InChI=1S/C12H12N2O3/c1-8-13-14-12(17-8)10-5-3-9(4-6-10)11(7-15)16-2/h3-7,11H,1-2H3. The lowest BCUT2D eigenvalue weighted by molar-refractivity contribution is -0.116. The summed E-state index contributed by atoms with van der Waals surface area (Å²) in [6.45, 7) is 1.73. The number of methoxy groups -OCH3 is 1. The molecule has 0 aliphatic carbocycles. The number of hydrogen-bond donors (Lipinski definition) is 0. The molecule has 1 unspecified atom stereocenters. The molecule has 2 aromatic rings. The van der Waals surface area contributed by atoms with Crippen LogP contribution in [0.2, 0.25) is 0 Å². The maximum atomic E-state index is 10.7. The normalized spacial score (nSPS) is 12.4. The van der Waals surface area contributed by atoms with E-state index in [1.165, 1.54) is 7.11 Å². The molecule has 5 heteroatoms. The van der Waals surface area contributed by atoms with E-state index in [9.17, 15) is 4.79 Å². The van der Waals surface area contributed by atoms with Gasteiger partial charge in [0.1, 0.15) is 6.10 Å². The van der Waals surface area contributed by atoms with Crippen molar-refractivity contribution in [2.75, 3.05) is 7.11 Å². The van der Waals surface area contributed by atoms with Gasteiger partial charge < -0.3 is 13.9 Å². The van der Waals surface area contributed by atoms with Crippen molar-refractivity contribution >= 4 is 6.29 Å². The van der Waals surface area contributed by atoms with Gasteiger partial charge in [0.15, 0.2) is 6.29 Å². The summed E-state index contributed by atoms with van der Waals surface area (Å²) in [6, 6.07) is 7.24. The number of rotatable bonds is 4. The Bertz CT molecular complexity index is 505. The van der Waals surface area contributed by atoms with E-state index in [4.69, 9.17) is 9.15 Å². The van der Waals surface area contributed by atoms with Gasteiger partial charge >= 0.3 is 0 Å². The summed E-state index contributed by atoms with van der Waals surface area (Å²) in [5.41, 5.74) is 1.61. The van der Waals surface area contributed by atoms with Gasteiger partial charge in [-0.05, 0) is 17.7 Å². The van der Waals surface area contributed by atoms with Crippen LogP contribution in [0.15, 0.2) is 28.7 Å². The predicted octanol–water partition coefficient (Wildman–Crippen LogP) is 1.93. The number of nitrogens with zero attached hydrogens (tertiary/aromatic N) is 2. The zero-order valence-corrected chi connectivity index (χ0v) is 9.58. The topological polar surface area (TPSA) is 65.2 Å². The minimum Gasteiger partial charge on any atom is -0.421 e. The molecule has 1 aromatic heterocycles. The summed E-state index contributed by atoms with van der Waals surface area (Å²) in [5.74, 6) is 0.987. The molecule has 0 amide bonds. The smallest absolute Gasteiger partial charge is 0.247 e. The second kappa shape index (κ2) is 4.88. The monoisotopic (exact) mass is 232 g/mol. The van der Waals surface area contributed by atoms with E-state index < -0.39 is 6.10 Å². The van der Waals surface area contributed by atoms with E-state index in [-0.39, 0.29) is 0 Å². The maximum absolute atomic E-state index is 10.7. The first-order valence-corrected chi connectivity index (χ1v) is 5.13. The number of benzene rings is 1. The van der Waals surface area contributed by atoms with Crippen LogP contribution < -0.4 is 0 Å². The van der Waals surface area contributed by atoms with Gasteiger partial charge in [0.05, 0.1) is 0 Å². The molecule has 0 bridgehead atoms. The van der Waals surface area contributed by atoms with Gasteiger partial charge in [-0.3, -0.25) is 0 Å². The lowest BCUT2D eigenvalue weighted by Crippen LogP contribution is -2.01. The van der Waals surface area contributed by atoms with E-state index in [1.54, 1.807) is 19.1 Å². The second-order valence-corrected chi connectivity index (χ2v) is 3.54. The van der Waals surface area contributed by atoms with Gasteiger partial charge in [0.2, 0.25) is 11.8 Å². The average molecular weight is 232 g/mol. The summed E-state index contributed by atoms with van der Waals surface area (Å²) >= 11 is 0. The van der Waals surface area contributed by atoms with E-state index in [1.807, 2.05) is 12.1 Å². The molecule has 0 N–H and O–H groups in total.